The van der Waals surface area contributed by atoms with E-state index in [1.165, 1.54) is 6.07 Å². The zero-order valence-electron chi connectivity index (χ0n) is 12.6. The number of carboxylic acid groups (broad SMARTS) is 1. The van der Waals surface area contributed by atoms with E-state index in [0.717, 1.165) is 12.3 Å². The fraction of sp³-hybridized carbons (Fsp3) is 0.500. The molecule has 2 rings (SSSR count). The standard InChI is InChI=1S/C14H14F4N2O5/c15-13(16)14(17,18)6-24-10-4-1-7(5-19-10)20-11(21)8-2-3-9(25-8)12(22)23/h1,4-5,8-9,13H,2-3,6H2,(H,20,21)(H,22,23)/t8-,9+/m0/s1. The smallest absolute Gasteiger partial charge is 0.340 e. The fourth-order valence-corrected chi connectivity index (χ4v) is 2.01. The van der Waals surface area contributed by atoms with Gasteiger partial charge in [-0.3, -0.25) is 4.79 Å². The number of carbonyl (C=O) groups excluding carboxylic acids is 1. The van der Waals surface area contributed by atoms with Gasteiger partial charge in [-0.2, -0.15) is 8.78 Å². The van der Waals surface area contributed by atoms with Gasteiger partial charge in [0.2, 0.25) is 5.88 Å². The Morgan fingerprint density at radius 1 is 1.36 bits per heavy atom. The highest BCUT2D eigenvalue weighted by atomic mass is 19.3. The van der Waals surface area contributed by atoms with Crippen molar-refractivity contribution in [1.29, 1.82) is 0 Å². The van der Waals surface area contributed by atoms with Crippen molar-refractivity contribution in [3.8, 4) is 5.88 Å². The van der Waals surface area contributed by atoms with E-state index in [0.29, 0.717) is 0 Å². The van der Waals surface area contributed by atoms with Gasteiger partial charge in [0.25, 0.3) is 5.91 Å². The number of nitrogens with one attached hydrogen (secondary N) is 1. The Morgan fingerprint density at radius 2 is 2.04 bits per heavy atom. The summed E-state index contributed by atoms with van der Waals surface area (Å²) in [6.07, 6.45) is -4.30. The van der Waals surface area contributed by atoms with E-state index in [2.05, 4.69) is 15.0 Å². The number of nitrogens with zero attached hydrogens (tertiary/aromatic N) is 1. The first kappa shape index (κ1) is 18.9. The van der Waals surface area contributed by atoms with Gasteiger partial charge in [-0.15, -0.1) is 0 Å². The lowest BCUT2D eigenvalue weighted by atomic mass is 10.2. The minimum atomic E-state index is -4.30. The number of anilines is 1. The molecule has 2 atom stereocenters. The molecule has 2 heterocycles. The number of aliphatic carboxylic acids is 1. The van der Waals surface area contributed by atoms with Crippen LogP contribution in [-0.2, 0) is 14.3 Å². The maximum atomic E-state index is 12.7. The summed E-state index contributed by atoms with van der Waals surface area (Å²) in [4.78, 5) is 26.3. The first-order chi connectivity index (χ1) is 11.7. The average molecular weight is 366 g/mol. The Labute approximate surface area is 138 Å². The number of carboxylic acids is 1. The normalized spacial score (nSPS) is 20.5. The van der Waals surface area contributed by atoms with Crippen LogP contribution < -0.4 is 10.1 Å². The first-order valence-corrected chi connectivity index (χ1v) is 7.13. The summed E-state index contributed by atoms with van der Waals surface area (Å²) in [5, 5.41) is 11.2. The molecule has 11 heteroatoms. The van der Waals surface area contributed by atoms with E-state index >= 15 is 0 Å². The van der Waals surface area contributed by atoms with Crippen LogP contribution in [0.5, 0.6) is 5.88 Å². The van der Waals surface area contributed by atoms with Crippen LogP contribution in [0.25, 0.3) is 0 Å². The molecule has 25 heavy (non-hydrogen) atoms. The molecule has 0 unspecified atom stereocenters. The van der Waals surface area contributed by atoms with Crippen molar-refractivity contribution in [1.82, 2.24) is 4.98 Å². The molecule has 0 radical (unpaired) electrons. The van der Waals surface area contributed by atoms with E-state index in [9.17, 15) is 27.2 Å². The van der Waals surface area contributed by atoms with Crippen LogP contribution in [0, 0.1) is 0 Å². The van der Waals surface area contributed by atoms with Crippen LogP contribution in [0.4, 0.5) is 23.2 Å². The number of alkyl halides is 4. The van der Waals surface area contributed by atoms with Crippen molar-refractivity contribution in [2.45, 2.75) is 37.4 Å². The Hall–Kier alpha value is -2.43. The Bertz CT molecular complexity index is 626. The minimum absolute atomic E-state index is 0.181. The van der Waals surface area contributed by atoms with Gasteiger partial charge in [0.05, 0.1) is 11.9 Å². The molecular formula is C14H14F4N2O5. The molecule has 1 saturated heterocycles. The number of carbonyl (C=O) groups is 2. The summed E-state index contributed by atoms with van der Waals surface area (Å²) >= 11 is 0. The third-order valence-corrected chi connectivity index (χ3v) is 3.32. The molecule has 1 fully saturated rings. The second-order valence-corrected chi connectivity index (χ2v) is 5.25. The van der Waals surface area contributed by atoms with Gasteiger partial charge in [-0.25, -0.2) is 18.6 Å². The van der Waals surface area contributed by atoms with E-state index < -0.39 is 43.0 Å². The fourth-order valence-electron chi connectivity index (χ4n) is 2.01. The highest BCUT2D eigenvalue weighted by Gasteiger charge is 2.41. The molecule has 1 amide bonds. The van der Waals surface area contributed by atoms with Gasteiger partial charge in [0.1, 0.15) is 6.10 Å². The molecule has 0 spiro atoms. The number of aromatic nitrogens is 1. The molecule has 0 aliphatic carbocycles. The number of rotatable bonds is 7. The van der Waals surface area contributed by atoms with Gasteiger partial charge < -0.3 is 19.9 Å². The van der Waals surface area contributed by atoms with E-state index in [1.54, 1.807) is 0 Å². The summed E-state index contributed by atoms with van der Waals surface area (Å²) in [5.41, 5.74) is 0.181. The van der Waals surface area contributed by atoms with Crippen molar-refractivity contribution in [3.63, 3.8) is 0 Å². The minimum Gasteiger partial charge on any atom is -0.479 e. The maximum absolute atomic E-state index is 12.7. The largest absolute Gasteiger partial charge is 0.479 e. The zero-order chi connectivity index (χ0) is 18.6. The third-order valence-electron chi connectivity index (χ3n) is 3.32. The number of ether oxygens (including phenoxy) is 2. The Kier molecular flexibility index (Phi) is 5.77. The molecule has 138 valence electrons. The van der Waals surface area contributed by atoms with Crippen molar-refractivity contribution in [2.24, 2.45) is 0 Å². The predicted molar refractivity (Wildman–Crippen MR) is 74.8 cm³/mol. The molecule has 0 bridgehead atoms. The van der Waals surface area contributed by atoms with Crippen molar-refractivity contribution in [3.05, 3.63) is 18.3 Å². The average Bonchev–Trinajstić information content (AvgIpc) is 3.04. The Balaban J connectivity index is 1.86. The van der Waals surface area contributed by atoms with Gasteiger partial charge in [0, 0.05) is 6.07 Å². The molecule has 1 aromatic heterocycles. The lowest BCUT2D eigenvalue weighted by Gasteiger charge is -2.15. The van der Waals surface area contributed by atoms with Crippen LogP contribution in [0.1, 0.15) is 12.8 Å². The molecule has 1 aliphatic heterocycles. The summed E-state index contributed by atoms with van der Waals surface area (Å²) in [7, 11) is 0. The molecule has 0 saturated carbocycles. The van der Waals surface area contributed by atoms with E-state index in [1.807, 2.05) is 0 Å². The molecule has 7 nitrogen and oxygen atoms in total. The van der Waals surface area contributed by atoms with Crippen LogP contribution >= 0.6 is 0 Å². The SMILES string of the molecule is O=C(Nc1ccc(OCC(F)(F)C(F)F)nc1)[C@@H]1CC[C@H](C(=O)O)O1. The number of pyridine rings is 1. The molecule has 2 N–H and O–H groups in total. The Morgan fingerprint density at radius 3 is 2.56 bits per heavy atom. The summed E-state index contributed by atoms with van der Waals surface area (Å²) in [5.74, 6) is -6.35. The highest BCUT2D eigenvalue weighted by Crippen LogP contribution is 2.24. The maximum Gasteiger partial charge on any atom is 0.340 e. The predicted octanol–water partition coefficient (Wildman–Crippen LogP) is 1.93. The topological polar surface area (TPSA) is 97.8 Å². The van der Waals surface area contributed by atoms with Gasteiger partial charge in [0.15, 0.2) is 12.7 Å². The molecule has 0 aromatic carbocycles. The number of amides is 1. The van der Waals surface area contributed by atoms with E-state index in [-0.39, 0.29) is 24.4 Å². The molecule has 1 aromatic rings. The van der Waals surface area contributed by atoms with Crippen molar-refractivity contribution in [2.75, 3.05) is 11.9 Å². The summed E-state index contributed by atoms with van der Waals surface area (Å²) in [6, 6.07) is 2.39. The van der Waals surface area contributed by atoms with Crippen molar-refractivity contribution >= 4 is 17.6 Å². The summed E-state index contributed by atoms with van der Waals surface area (Å²) < 4.78 is 59.0. The zero-order valence-corrected chi connectivity index (χ0v) is 12.6. The summed E-state index contributed by atoms with van der Waals surface area (Å²) in [6.45, 7) is -1.53. The van der Waals surface area contributed by atoms with Gasteiger partial charge in [-0.1, -0.05) is 0 Å². The lowest BCUT2D eigenvalue weighted by Crippen LogP contribution is -2.33. The molecule has 1 aliphatic rings. The number of hydrogen-bond donors (Lipinski definition) is 2. The second kappa shape index (κ2) is 7.64. The van der Waals surface area contributed by atoms with Crippen LogP contribution in [0.2, 0.25) is 0 Å². The van der Waals surface area contributed by atoms with Gasteiger partial charge >= 0.3 is 18.3 Å². The number of hydrogen-bond acceptors (Lipinski definition) is 5. The van der Waals surface area contributed by atoms with E-state index in [4.69, 9.17) is 9.84 Å². The quantitative estimate of drug-likeness (QED) is 0.716. The number of halogens is 4. The highest BCUT2D eigenvalue weighted by molar-refractivity contribution is 5.94. The van der Waals surface area contributed by atoms with Crippen LogP contribution in [-0.4, -0.2) is 53.1 Å². The third kappa shape index (κ3) is 5.02. The van der Waals surface area contributed by atoms with Gasteiger partial charge in [-0.05, 0) is 18.9 Å². The first-order valence-electron chi connectivity index (χ1n) is 7.13. The molecular weight excluding hydrogens is 352 g/mol. The van der Waals surface area contributed by atoms with Crippen LogP contribution in [0.15, 0.2) is 18.3 Å². The van der Waals surface area contributed by atoms with Crippen LogP contribution in [0.3, 0.4) is 0 Å². The second-order valence-electron chi connectivity index (χ2n) is 5.25. The monoisotopic (exact) mass is 366 g/mol. The lowest BCUT2D eigenvalue weighted by molar-refractivity contribution is -0.150. The van der Waals surface area contributed by atoms with Crippen molar-refractivity contribution < 1.29 is 41.7 Å².